The molecule has 0 aromatic rings. The summed E-state index contributed by atoms with van der Waals surface area (Å²) >= 11 is 0. The van der Waals surface area contributed by atoms with Crippen LogP contribution in [-0.4, -0.2) is 36.6 Å². The van der Waals surface area contributed by atoms with Crippen molar-refractivity contribution in [1.82, 2.24) is 4.90 Å². The highest BCUT2D eigenvalue weighted by Crippen LogP contribution is 2.20. The molecule has 2 atom stereocenters. The summed E-state index contributed by atoms with van der Waals surface area (Å²) in [6.45, 7) is 8.79. The summed E-state index contributed by atoms with van der Waals surface area (Å²) < 4.78 is 4.83. The van der Waals surface area contributed by atoms with Crippen LogP contribution in [0.5, 0.6) is 0 Å². The summed E-state index contributed by atoms with van der Waals surface area (Å²) in [6.07, 6.45) is 6.02. The molecule has 1 aliphatic rings. The molecule has 1 saturated heterocycles. The molecular weight excluding hydrogens is 202 g/mol. The molecule has 92 valence electrons. The van der Waals surface area contributed by atoms with E-state index in [1.165, 1.54) is 18.9 Å². The van der Waals surface area contributed by atoms with E-state index in [9.17, 15) is 4.79 Å². The average Bonchev–Trinajstić information content (AvgIpc) is 2.23. The Balaban J connectivity index is 2.32. The Morgan fingerprint density at radius 1 is 1.44 bits per heavy atom. The van der Waals surface area contributed by atoms with Gasteiger partial charge < -0.3 is 4.74 Å². The molecule has 0 amide bonds. The van der Waals surface area contributed by atoms with Crippen molar-refractivity contribution >= 4 is 5.97 Å². The molecule has 0 N–H and O–H groups in total. The van der Waals surface area contributed by atoms with Crippen LogP contribution in [0.3, 0.4) is 0 Å². The molecule has 3 nitrogen and oxygen atoms in total. The molecule has 0 aromatic heterocycles. The third kappa shape index (κ3) is 4.35. The van der Waals surface area contributed by atoms with Crippen molar-refractivity contribution < 1.29 is 9.53 Å². The van der Waals surface area contributed by atoms with Crippen molar-refractivity contribution in [1.29, 1.82) is 0 Å². The number of carbonyl (C=O) groups is 1. The van der Waals surface area contributed by atoms with Gasteiger partial charge in [-0.3, -0.25) is 4.90 Å². The molecule has 0 bridgehead atoms. The van der Waals surface area contributed by atoms with Crippen LogP contribution < -0.4 is 0 Å². The van der Waals surface area contributed by atoms with Crippen LogP contribution in [0.2, 0.25) is 0 Å². The molecule has 0 radical (unpaired) electrons. The fourth-order valence-corrected chi connectivity index (χ4v) is 2.11. The topological polar surface area (TPSA) is 29.5 Å². The second-order valence-electron chi connectivity index (χ2n) is 4.64. The molecule has 0 saturated carbocycles. The van der Waals surface area contributed by atoms with Gasteiger partial charge in [-0.25, -0.2) is 4.79 Å². The first-order valence-corrected chi connectivity index (χ1v) is 6.20. The van der Waals surface area contributed by atoms with Crippen LogP contribution in [0.4, 0.5) is 0 Å². The number of carbonyl (C=O) groups excluding carboxylic acids is 1. The second kappa shape index (κ2) is 6.69. The Bertz CT molecular complexity index is 250. The highest BCUT2D eigenvalue weighted by atomic mass is 16.5. The third-order valence-electron chi connectivity index (χ3n) is 3.13. The van der Waals surface area contributed by atoms with Crippen LogP contribution in [0.15, 0.2) is 12.2 Å². The smallest absolute Gasteiger partial charge is 0.330 e. The SMILES string of the molecule is CCOC(=O)/C=C/CN1CC(C)CCC1C. The van der Waals surface area contributed by atoms with Crippen LogP contribution in [0, 0.1) is 5.92 Å². The van der Waals surface area contributed by atoms with Crippen molar-refractivity contribution in [3.05, 3.63) is 12.2 Å². The summed E-state index contributed by atoms with van der Waals surface area (Å²) in [5.41, 5.74) is 0. The van der Waals surface area contributed by atoms with Gasteiger partial charge in [-0.15, -0.1) is 0 Å². The summed E-state index contributed by atoms with van der Waals surface area (Å²) in [4.78, 5) is 13.5. The Labute approximate surface area is 98.5 Å². The summed E-state index contributed by atoms with van der Waals surface area (Å²) in [5.74, 6) is 0.535. The van der Waals surface area contributed by atoms with Crippen LogP contribution >= 0.6 is 0 Å². The molecule has 0 aliphatic carbocycles. The number of piperidine rings is 1. The molecule has 1 aliphatic heterocycles. The number of hydrogen-bond acceptors (Lipinski definition) is 3. The number of rotatable bonds is 4. The van der Waals surface area contributed by atoms with Gasteiger partial charge in [0.05, 0.1) is 6.61 Å². The summed E-state index contributed by atoms with van der Waals surface area (Å²) in [6, 6.07) is 0.628. The number of likely N-dealkylation sites (tertiary alicyclic amines) is 1. The molecular formula is C13H23NO2. The van der Waals surface area contributed by atoms with E-state index >= 15 is 0 Å². The van der Waals surface area contributed by atoms with Gasteiger partial charge in [-0.2, -0.15) is 0 Å². The molecule has 1 rings (SSSR count). The summed E-state index contributed by atoms with van der Waals surface area (Å²) in [7, 11) is 0. The van der Waals surface area contributed by atoms with E-state index in [1.54, 1.807) is 0 Å². The fraction of sp³-hybridized carbons (Fsp3) is 0.769. The lowest BCUT2D eigenvalue weighted by Gasteiger charge is -2.35. The Hall–Kier alpha value is -0.830. The maximum Gasteiger partial charge on any atom is 0.330 e. The minimum absolute atomic E-state index is 0.236. The lowest BCUT2D eigenvalue weighted by Crippen LogP contribution is -2.40. The van der Waals surface area contributed by atoms with Gasteiger partial charge in [0.15, 0.2) is 0 Å². The van der Waals surface area contributed by atoms with Crippen molar-refractivity contribution in [2.24, 2.45) is 5.92 Å². The molecule has 1 heterocycles. The first-order valence-electron chi connectivity index (χ1n) is 6.20. The first kappa shape index (κ1) is 13.2. The van der Waals surface area contributed by atoms with E-state index < -0.39 is 0 Å². The third-order valence-corrected chi connectivity index (χ3v) is 3.13. The van der Waals surface area contributed by atoms with Crippen molar-refractivity contribution in [3.63, 3.8) is 0 Å². The Morgan fingerprint density at radius 2 is 2.19 bits per heavy atom. The van der Waals surface area contributed by atoms with E-state index in [4.69, 9.17) is 4.74 Å². The van der Waals surface area contributed by atoms with Crippen LogP contribution in [-0.2, 0) is 9.53 Å². The molecule has 16 heavy (non-hydrogen) atoms. The maximum atomic E-state index is 11.1. The predicted octanol–water partition coefficient (Wildman–Crippen LogP) is 2.23. The van der Waals surface area contributed by atoms with Crippen molar-refractivity contribution in [2.75, 3.05) is 19.7 Å². The normalized spacial score (nSPS) is 27.2. The zero-order valence-electron chi connectivity index (χ0n) is 10.6. The van der Waals surface area contributed by atoms with Crippen LogP contribution in [0.1, 0.15) is 33.6 Å². The number of ether oxygens (including phenoxy) is 1. The largest absolute Gasteiger partial charge is 0.463 e. The van der Waals surface area contributed by atoms with Crippen molar-refractivity contribution in [3.8, 4) is 0 Å². The highest BCUT2D eigenvalue weighted by Gasteiger charge is 2.21. The zero-order chi connectivity index (χ0) is 12.0. The minimum Gasteiger partial charge on any atom is -0.463 e. The van der Waals surface area contributed by atoms with Gasteiger partial charge in [0, 0.05) is 25.2 Å². The van der Waals surface area contributed by atoms with Gasteiger partial charge in [0.2, 0.25) is 0 Å². The van der Waals surface area contributed by atoms with Gasteiger partial charge in [-0.1, -0.05) is 13.0 Å². The Kier molecular flexibility index (Phi) is 5.53. The lowest BCUT2D eigenvalue weighted by molar-refractivity contribution is -0.137. The van der Waals surface area contributed by atoms with Gasteiger partial charge >= 0.3 is 5.97 Å². The van der Waals surface area contributed by atoms with Gasteiger partial charge in [0.25, 0.3) is 0 Å². The van der Waals surface area contributed by atoms with Gasteiger partial charge in [-0.05, 0) is 32.6 Å². The Morgan fingerprint density at radius 3 is 2.88 bits per heavy atom. The number of hydrogen-bond donors (Lipinski definition) is 0. The van der Waals surface area contributed by atoms with E-state index in [0.717, 1.165) is 19.0 Å². The standard InChI is InChI=1S/C13H23NO2/c1-4-16-13(15)6-5-9-14-10-11(2)7-8-12(14)3/h5-6,11-12H,4,7-10H2,1-3H3/b6-5+. The maximum absolute atomic E-state index is 11.1. The lowest BCUT2D eigenvalue weighted by atomic mass is 9.95. The van der Waals surface area contributed by atoms with E-state index in [-0.39, 0.29) is 5.97 Å². The molecule has 0 aromatic carbocycles. The highest BCUT2D eigenvalue weighted by molar-refractivity contribution is 5.81. The van der Waals surface area contributed by atoms with E-state index in [1.807, 2.05) is 13.0 Å². The number of nitrogens with zero attached hydrogens (tertiary/aromatic N) is 1. The zero-order valence-corrected chi connectivity index (χ0v) is 10.6. The van der Waals surface area contributed by atoms with E-state index in [2.05, 4.69) is 18.7 Å². The van der Waals surface area contributed by atoms with E-state index in [0.29, 0.717) is 12.6 Å². The fourth-order valence-electron chi connectivity index (χ4n) is 2.11. The average molecular weight is 225 g/mol. The molecule has 0 spiro atoms. The van der Waals surface area contributed by atoms with Crippen LogP contribution in [0.25, 0.3) is 0 Å². The van der Waals surface area contributed by atoms with Gasteiger partial charge in [0.1, 0.15) is 0 Å². The summed E-state index contributed by atoms with van der Waals surface area (Å²) in [5, 5.41) is 0. The number of esters is 1. The minimum atomic E-state index is -0.236. The molecule has 1 fully saturated rings. The predicted molar refractivity (Wildman–Crippen MR) is 65.2 cm³/mol. The molecule has 3 heteroatoms. The molecule has 2 unspecified atom stereocenters. The second-order valence-corrected chi connectivity index (χ2v) is 4.64. The first-order chi connectivity index (χ1) is 7.63. The monoisotopic (exact) mass is 225 g/mol. The van der Waals surface area contributed by atoms with Crippen molar-refractivity contribution in [2.45, 2.75) is 39.7 Å². The quantitative estimate of drug-likeness (QED) is 0.543.